The van der Waals surface area contributed by atoms with Gasteiger partial charge in [0.25, 0.3) is 0 Å². The zero-order valence-corrected chi connectivity index (χ0v) is 45.0. The highest BCUT2D eigenvalue weighted by Crippen LogP contribution is 2.43. The number of likely N-dealkylation sites (N-methyl/N-ethyl adjacent to an activating group) is 1. The lowest BCUT2D eigenvalue weighted by Gasteiger charge is -2.24. The van der Waals surface area contributed by atoms with E-state index >= 15 is 0 Å². The van der Waals surface area contributed by atoms with Gasteiger partial charge in [0.15, 0.2) is 6.10 Å². The summed E-state index contributed by atoms with van der Waals surface area (Å²) in [5.41, 5.74) is 0. The van der Waals surface area contributed by atoms with Gasteiger partial charge in [0.2, 0.25) is 0 Å². The van der Waals surface area contributed by atoms with Gasteiger partial charge < -0.3 is 18.9 Å². The zero-order valence-electron chi connectivity index (χ0n) is 44.1. The number of allylic oxidation sites excluding steroid dienone is 16. The van der Waals surface area contributed by atoms with Crippen molar-refractivity contribution in [2.75, 3.05) is 47.5 Å². The Bertz CT molecular complexity index is 1470. The fraction of sp³-hybridized carbons (Fsp3) is 0.690. The number of phosphoric acid groups is 1. The Kier molecular flexibility index (Phi) is 46.7. The number of rotatable bonds is 48. The van der Waals surface area contributed by atoms with Crippen molar-refractivity contribution in [3.63, 3.8) is 0 Å². The Balaban J connectivity index is 4.26. The van der Waals surface area contributed by atoms with Crippen LogP contribution >= 0.6 is 7.82 Å². The van der Waals surface area contributed by atoms with Gasteiger partial charge in [-0.25, -0.2) is 4.57 Å². The molecule has 0 saturated heterocycles. The molecule has 0 aromatic rings. The average molecular weight is 971 g/mol. The van der Waals surface area contributed by atoms with Gasteiger partial charge in [0.1, 0.15) is 19.8 Å². The molecule has 0 spiro atoms. The second-order valence-corrected chi connectivity index (χ2v) is 20.3. The van der Waals surface area contributed by atoms with Gasteiger partial charge >= 0.3 is 19.8 Å². The molecule has 0 heterocycles. The summed E-state index contributed by atoms with van der Waals surface area (Å²) in [4.78, 5) is 35.6. The maximum absolute atomic E-state index is 12.8. The number of esters is 2. The lowest BCUT2D eigenvalue weighted by molar-refractivity contribution is -0.870. The van der Waals surface area contributed by atoms with E-state index < -0.39 is 26.5 Å². The molecule has 0 fully saturated rings. The van der Waals surface area contributed by atoms with E-state index in [0.29, 0.717) is 17.4 Å². The predicted octanol–water partition coefficient (Wildman–Crippen LogP) is 16.5. The highest BCUT2D eigenvalue weighted by atomic mass is 31.2. The summed E-state index contributed by atoms with van der Waals surface area (Å²) < 4.78 is 34.5. The van der Waals surface area contributed by atoms with E-state index in [1.165, 1.54) is 70.6 Å². The number of carbonyl (C=O) groups is 2. The summed E-state index contributed by atoms with van der Waals surface area (Å²) in [6.07, 6.45) is 66.0. The molecular formula is C58H101NO8P+. The van der Waals surface area contributed by atoms with Crippen LogP contribution in [0.15, 0.2) is 97.2 Å². The Hall–Kier alpha value is -3.07. The Morgan fingerprint density at radius 1 is 0.471 bits per heavy atom. The van der Waals surface area contributed by atoms with Crippen LogP contribution < -0.4 is 0 Å². The van der Waals surface area contributed by atoms with Crippen LogP contribution in [0.3, 0.4) is 0 Å². The Morgan fingerprint density at radius 3 is 1.25 bits per heavy atom. The minimum Gasteiger partial charge on any atom is -0.462 e. The fourth-order valence-electron chi connectivity index (χ4n) is 6.93. The molecule has 0 radical (unpaired) electrons. The van der Waals surface area contributed by atoms with Gasteiger partial charge in [-0.15, -0.1) is 0 Å². The topological polar surface area (TPSA) is 108 Å². The molecule has 9 nitrogen and oxygen atoms in total. The van der Waals surface area contributed by atoms with Crippen LogP contribution in [0.5, 0.6) is 0 Å². The van der Waals surface area contributed by atoms with Crippen LogP contribution in [0.2, 0.25) is 0 Å². The molecule has 0 aliphatic rings. The van der Waals surface area contributed by atoms with Crippen LogP contribution in [0.4, 0.5) is 0 Å². The lowest BCUT2D eigenvalue weighted by atomic mass is 10.1. The molecular weight excluding hydrogens is 870 g/mol. The number of nitrogens with zero attached hydrogens (tertiary/aromatic N) is 1. The molecule has 10 heteroatoms. The second kappa shape index (κ2) is 48.9. The first-order valence-electron chi connectivity index (χ1n) is 27.0. The van der Waals surface area contributed by atoms with Gasteiger partial charge in [0.05, 0.1) is 27.7 Å². The van der Waals surface area contributed by atoms with Crippen molar-refractivity contribution in [2.24, 2.45) is 0 Å². The minimum absolute atomic E-state index is 0.0236. The normalized spacial score (nSPS) is 14.1. The van der Waals surface area contributed by atoms with Crippen molar-refractivity contribution in [1.82, 2.24) is 0 Å². The molecule has 1 N–H and O–H groups in total. The molecule has 0 aromatic heterocycles. The summed E-state index contributed by atoms with van der Waals surface area (Å²) >= 11 is 0. The number of carbonyl (C=O) groups excluding carboxylic acids is 2. The SMILES string of the molecule is CC/C=C\C/C=C\C/C=C\C/C=C\C/C=C\C/C=C\CCCCCCCCCCC(=O)OC(COC(=O)CCCCCCCCC/C=C\C/C=C\CCCCC)COP(=O)(O)OCC[N+](C)(C)C. The van der Waals surface area contributed by atoms with E-state index in [2.05, 4.69) is 111 Å². The third-order valence-corrected chi connectivity index (χ3v) is 12.1. The number of phosphoric ester groups is 1. The zero-order chi connectivity index (χ0) is 49.9. The van der Waals surface area contributed by atoms with Gasteiger partial charge in [-0.3, -0.25) is 18.6 Å². The average Bonchev–Trinajstić information content (AvgIpc) is 3.30. The molecule has 2 atom stereocenters. The Morgan fingerprint density at radius 2 is 0.838 bits per heavy atom. The van der Waals surface area contributed by atoms with Crippen LogP contribution in [0, 0.1) is 0 Å². The standard InChI is InChI=1S/C58H100NO8P/c1-6-8-10-12-14-16-18-20-22-24-25-26-27-28-29-30-31-32-33-35-37-39-41-43-45-47-49-51-58(61)67-56(55-66-68(62,63)65-53-52-59(3,4)5)54-64-57(60)50-48-46-44-42-40-38-36-34-23-21-19-17-15-13-11-9-7-2/h8,10,14-17,20-23,25-26,28-29,31-32,56H,6-7,9,11-13,18-19,24,27,30,33-55H2,1-5H3/p+1/b10-8-,16-14-,17-15-,22-20-,23-21-,26-25-,29-28-,32-31-. The van der Waals surface area contributed by atoms with E-state index in [0.717, 1.165) is 103 Å². The molecule has 0 rings (SSSR count). The molecule has 68 heavy (non-hydrogen) atoms. The maximum Gasteiger partial charge on any atom is 0.472 e. The van der Waals surface area contributed by atoms with Crippen LogP contribution in [-0.2, 0) is 32.7 Å². The van der Waals surface area contributed by atoms with Crippen LogP contribution in [-0.4, -0.2) is 74.9 Å². The van der Waals surface area contributed by atoms with Crippen LogP contribution in [0.25, 0.3) is 0 Å². The monoisotopic (exact) mass is 971 g/mol. The van der Waals surface area contributed by atoms with Crippen molar-refractivity contribution in [3.8, 4) is 0 Å². The van der Waals surface area contributed by atoms with Gasteiger partial charge in [-0.1, -0.05) is 195 Å². The second-order valence-electron chi connectivity index (χ2n) is 18.9. The van der Waals surface area contributed by atoms with Gasteiger partial charge in [-0.2, -0.15) is 0 Å². The summed E-state index contributed by atoms with van der Waals surface area (Å²) in [7, 11) is 1.45. The molecule has 0 bridgehead atoms. The largest absolute Gasteiger partial charge is 0.472 e. The van der Waals surface area contributed by atoms with Crippen molar-refractivity contribution >= 4 is 19.8 Å². The minimum atomic E-state index is -4.39. The third-order valence-electron chi connectivity index (χ3n) is 11.1. The van der Waals surface area contributed by atoms with E-state index in [1.807, 2.05) is 21.1 Å². The van der Waals surface area contributed by atoms with Crippen molar-refractivity contribution < 1.29 is 42.1 Å². The molecule has 0 aromatic carbocycles. The number of unbranched alkanes of at least 4 members (excludes halogenated alkanes) is 18. The quantitative estimate of drug-likeness (QED) is 0.0211. The van der Waals surface area contributed by atoms with Crippen molar-refractivity contribution in [3.05, 3.63) is 97.2 Å². The summed E-state index contributed by atoms with van der Waals surface area (Å²) in [6, 6.07) is 0. The summed E-state index contributed by atoms with van der Waals surface area (Å²) in [5, 5.41) is 0. The number of hydrogen-bond acceptors (Lipinski definition) is 7. The molecule has 0 aliphatic heterocycles. The van der Waals surface area contributed by atoms with E-state index in [4.69, 9.17) is 18.5 Å². The molecule has 0 amide bonds. The molecule has 390 valence electrons. The molecule has 0 aliphatic carbocycles. The summed E-state index contributed by atoms with van der Waals surface area (Å²) in [5.74, 6) is -0.821. The van der Waals surface area contributed by atoms with E-state index in [1.54, 1.807) is 0 Å². The van der Waals surface area contributed by atoms with E-state index in [9.17, 15) is 19.0 Å². The van der Waals surface area contributed by atoms with Crippen molar-refractivity contribution in [1.29, 1.82) is 0 Å². The van der Waals surface area contributed by atoms with E-state index in [-0.39, 0.29) is 32.0 Å². The molecule has 0 saturated carbocycles. The maximum atomic E-state index is 12.8. The number of ether oxygens (including phenoxy) is 2. The van der Waals surface area contributed by atoms with Crippen LogP contribution in [0.1, 0.15) is 206 Å². The predicted molar refractivity (Wildman–Crippen MR) is 288 cm³/mol. The first-order chi connectivity index (χ1) is 33.0. The highest BCUT2D eigenvalue weighted by Gasteiger charge is 2.27. The summed E-state index contributed by atoms with van der Waals surface area (Å²) in [6.45, 7) is 4.26. The fourth-order valence-corrected chi connectivity index (χ4v) is 7.67. The molecule has 2 unspecified atom stereocenters. The smallest absolute Gasteiger partial charge is 0.462 e. The van der Waals surface area contributed by atoms with Gasteiger partial charge in [-0.05, 0) is 96.3 Å². The lowest BCUT2D eigenvalue weighted by Crippen LogP contribution is -2.37. The van der Waals surface area contributed by atoms with Gasteiger partial charge in [0, 0.05) is 12.8 Å². The Labute approximate surface area is 417 Å². The van der Waals surface area contributed by atoms with Crippen molar-refractivity contribution in [2.45, 2.75) is 213 Å². The first-order valence-corrected chi connectivity index (χ1v) is 28.5. The highest BCUT2D eigenvalue weighted by molar-refractivity contribution is 7.47. The third kappa shape index (κ3) is 52.3. The first kappa shape index (κ1) is 64.9. The number of hydrogen-bond donors (Lipinski definition) is 1. The number of quaternary nitrogens is 1.